The van der Waals surface area contributed by atoms with E-state index in [0.29, 0.717) is 18.8 Å². The SMILES string of the molecule is CC(O)CNCCNCc1cc(Br)ccc1OCC(N)=O.Cl.Cl. The van der Waals surface area contributed by atoms with Crippen molar-refractivity contribution in [3.05, 3.63) is 28.2 Å². The lowest BCUT2D eigenvalue weighted by atomic mass is 10.2. The summed E-state index contributed by atoms with van der Waals surface area (Å²) in [5, 5.41) is 15.5. The van der Waals surface area contributed by atoms with Gasteiger partial charge < -0.3 is 26.2 Å². The van der Waals surface area contributed by atoms with Gasteiger partial charge in [-0.2, -0.15) is 0 Å². The van der Waals surface area contributed by atoms with Gasteiger partial charge in [-0.25, -0.2) is 0 Å². The highest BCUT2D eigenvalue weighted by atomic mass is 79.9. The number of halogens is 3. The number of rotatable bonds is 10. The first-order chi connectivity index (χ1) is 9.99. The van der Waals surface area contributed by atoms with Crippen molar-refractivity contribution in [3.8, 4) is 5.75 Å². The van der Waals surface area contributed by atoms with Gasteiger partial charge in [0.25, 0.3) is 5.91 Å². The van der Waals surface area contributed by atoms with Crippen molar-refractivity contribution in [2.75, 3.05) is 26.2 Å². The monoisotopic (exact) mass is 431 g/mol. The molecular weight excluding hydrogens is 409 g/mol. The third-order valence-corrected chi connectivity index (χ3v) is 3.12. The molecule has 9 heteroatoms. The van der Waals surface area contributed by atoms with Crippen molar-refractivity contribution >= 4 is 46.7 Å². The second-order valence-corrected chi connectivity index (χ2v) is 5.65. The third kappa shape index (κ3) is 11.6. The van der Waals surface area contributed by atoms with Crippen LogP contribution in [-0.4, -0.2) is 43.4 Å². The maximum absolute atomic E-state index is 10.8. The van der Waals surface area contributed by atoms with Crippen LogP contribution in [0.5, 0.6) is 5.75 Å². The molecule has 0 aliphatic heterocycles. The zero-order chi connectivity index (χ0) is 15.7. The fourth-order valence-corrected chi connectivity index (χ4v) is 2.10. The molecule has 1 aromatic rings. The maximum atomic E-state index is 10.8. The molecule has 0 aliphatic carbocycles. The first kappa shape index (κ1) is 24.7. The van der Waals surface area contributed by atoms with Crippen LogP contribution in [0.1, 0.15) is 12.5 Å². The minimum atomic E-state index is -0.501. The number of amides is 1. The molecule has 0 aromatic heterocycles. The van der Waals surface area contributed by atoms with Crippen LogP contribution >= 0.6 is 40.7 Å². The Morgan fingerprint density at radius 2 is 2.00 bits per heavy atom. The largest absolute Gasteiger partial charge is 0.483 e. The first-order valence-electron chi connectivity index (χ1n) is 6.78. The summed E-state index contributed by atoms with van der Waals surface area (Å²) in [5.41, 5.74) is 6.03. The van der Waals surface area contributed by atoms with Gasteiger partial charge in [-0.05, 0) is 25.1 Å². The fraction of sp³-hybridized carbons (Fsp3) is 0.500. The highest BCUT2D eigenvalue weighted by Crippen LogP contribution is 2.23. The highest BCUT2D eigenvalue weighted by Gasteiger charge is 2.06. The predicted molar refractivity (Wildman–Crippen MR) is 99.6 cm³/mol. The van der Waals surface area contributed by atoms with Crippen LogP contribution in [0.3, 0.4) is 0 Å². The highest BCUT2D eigenvalue weighted by molar-refractivity contribution is 9.10. The Hall–Kier alpha value is -0.570. The Bertz CT molecular complexity index is 465. The van der Waals surface area contributed by atoms with Crippen LogP contribution in [0, 0.1) is 0 Å². The van der Waals surface area contributed by atoms with Crippen LogP contribution in [0.15, 0.2) is 22.7 Å². The molecule has 1 atom stereocenters. The summed E-state index contributed by atoms with van der Waals surface area (Å²) in [5.74, 6) is 0.139. The Balaban J connectivity index is 0. The molecule has 0 saturated carbocycles. The second-order valence-electron chi connectivity index (χ2n) is 4.74. The van der Waals surface area contributed by atoms with E-state index >= 15 is 0 Å². The summed E-state index contributed by atoms with van der Waals surface area (Å²) in [7, 11) is 0. The first-order valence-corrected chi connectivity index (χ1v) is 7.57. The molecule has 0 aliphatic rings. The summed E-state index contributed by atoms with van der Waals surface area (Å²) in [6.07, 6.45) is -0.344. The molecule has 1 rings (SSSR count). The molecule has 6 nitrogen and oxygen atoms in total. The van der Waals surface area contributed by atoms with Gasteiger partial charge in [0.2, 0.25) is 0 Å². The third-order valence-electron chi connectivity index (χ3n) is 2.63. The smallest absolute Gasteiger partial charge is 0.255 e. The summed E-state index contributed by atoms with van der Waals surface area (Å²) >= 11 is 3.41. The molecule has 0 radical (unpaired) electrons. The zero-order valence-electron chi connectivity index (χ0n) is 12.9. The Kier molecular flexibility index (Phi) is 14.8. The number of aliphatic hydroxyl groups excluding tert-OH is 1. The average molecular weight is 433 g/mol. The van der Waals surface area contributed by atoms with Crippen molar-refractivity contribution < 1.29 is 14.6 Å². The molecule has 0 bridgehead atoms. The molecule has 0 fully saturated rings. The molecular formula is C14H24BrCl2N3O3. The number of carbonyl (C=O) groups excluding carboxylic acids is 1. The number of carbonyl (C=O) groups is 1. The van der Waals surface area contributed by atoms with Crippen molar-refractivity contribution in [1.29, 1.82) is 0 Å². The number of aliphatic hydroxyl groups is 1. The van der Waals surface area contributed by atoms with Gasteiger partial charge in [0, 0.05) is 36.2 Å². The summed E-state index contributed by atoms with van der Waals surface area (Å²) < 4.78 is 6.32. The van der Waals surface area contributed by atoms with E-state index in [1.807, 2.05) is 12.1 Å². The average Bonchev–Trinajstić information content (AvgIpc) is 2.41. The van der Waals surface area contributed by atoms with E-state index in [2.05, 4.69) is 26.6 Å². The molecule has 1 aromatic carbocycles. The van der Waals surface area contributed by atoms with Crippen LogP contribution < -0.4 is 21.1 Å². The van der Waals surface area contributed by atoms with E-state index in [0.717, 1.165) is 23.1 Å². The van der Waals surface area contributed by atoms with Crippen molar-refractivity contribution in [2.24, 2.45) is 5.73 Å². The quantitative estimate of drug-likeness (QED) is 0.417. The molecule has 1 unspecified atom stereocenters. The van der Waals surface area contributed by atoms with Gasteiger partial charge >= 0.3 is 0 Å². The zero-order valence-corrected chi connectivity index (χ0v) is 16.1. The fourth-order valence-electron chi connectivity index (χ4n) is 1.69. The normalized spacial score (nSPS) is 11.1. The van der Waals surface area contributed by atoms with Gasteiger partial charge in [-0.3, -0.25) is 4.79 Å². The molecule has 1 amide bonds. The van der Waals surface area contributed by atoms with Gasteiger partial charge in [0.15, 0.2) is 6.61 Å². The van der Waals surface area contributed by atoms with Gasteiger partial charge in [0.05, 0.1) is 6.10 Å². The minimum Gasteiger partial charge on any atom is -0.483 e. The molecule has 134 valence electrons. The van der Waals surface area contributed by atoms with Gasteiger partial charge in [-0.15, -0.1) is 24.8 Å². The standard InChI is InChI=1S/C14H22BrN3O3.2ClH/c1-10(19)7-17-4-5-18-8-11-6-12(15)2-3-13(11)21-9-14(16)20;;/h2-3,6,10,17-19H,4-5,7-9H2,1H3,(H2,16,20);2*1H. The van der Waals surface area contributed by atoms with E-state index in [1.165, 1.54) is 0 Å². The number of benzene rings is 1. The number of primary amides is 1. The molecule has 0 saturated heterocycles. The summed E-state index contributed by atoms with van der Waals surface area (Å²) in [6, 6.07) is 5.59. The number of hydrogen-bond donors (Lipinski definition) is 4. The van der Waals surface area contributed by atoms with E-state index in [-0.39, 0.29) is 37.5 Å². The van der Waals surface area contributed by atoms with E-state index in [4.69, 9.17) is 15.6 Å². The topological polar surface area (TPSA) is 96.6 Å². The van der Waals surface area contributed by atoms with Crippen LogP contribution in [0.25, 0.3) is 0 Å². The molecule has 0 heterocycles. The maximum Gasteiger partial charge on any atom is 0.255 e. The van der Waals surface area contributed by atoms with E-state index in [9.17, 15) is 4.79 Å². The number of nitrogens with two attached hydrogens (primary N) is 1. The lowest BCUT2D eigenvalue weighted by Gasteiger charge is -2.12. The van der Waals surface area contributed by atoms with Crippen LogP contribution in [0.2, 0.25) is 0 Å². The van der Waals surface area contributed by atoms with E-state index < -0.39 is 5.91 Å². The minimum absolute atomic E-state index is 0. The Labute approximate surface area is 157 Å². The van der Waals surface area contributed by atoms with Gasteiger partial charge in [-0.1, -0.05) is 15.9 Å². The summed E-state index contributed by atoms with van der Waals surface area (Å²) in [6.45, 7) is 4.31. The number of nitrogens with one attached hydrogen (secondary N) is 2. The van der Waals surface area contributed by atoms with Crippen molar-refractivity contribution in [2.45, 2.75) is 19.6 Å². The molecule has 23 heavy (non-hydrogen) atoms. The second kappa shape index (κ2) is 13.8. The Morgan fingerprint density at radius 3 is 2.61 bits per heavy atom. The molecule has 5 N–H and O–H groups in total. The Morgan fingerprint density at radius 1 is 1.35 bits per heavy atom. The predicted octanol–water partition coefficient (Wildman–Crippen LogP) is 1.22. The number of hydrogen-bond acceptors (Lipinski definition) is 5. The lowest BCUT2D eigenvalue weighted by molar-refractivity contribution is -0.119. The van der Waals surface area contributed by atoms with E-state index in [1.54, 1.807) is 13.0 Å². The van der Waals surface area contributed by atoms with Crippen LogP contribution in [0.4, 0.5) is 0 Å². The van der Waals surface area contributed by atoms with Crippen LogP contribution in [-0.2, 0) is 11.3 Å². The summed E-state index contributed by atoms with van der Waals surface area (Å²) in [4.78, 5) is 10.8. The van der Waals surface area contributed by atoms with Crippen molar-refractivity contribution in [3.63, 3.8) is 0 Å². The lowest BCUT2D eigenvalue weighted by Crippen LogP contribution is -2.31. The van der Waals surface area contributed by atoms with Gasteiger partial charge in [0.1, 0.15) is 5.75 Å². The van der Waals surface area contributed by atoms with Crippen molar-refractivity contribution in [1.82, 2.24) is 10.6 Å². The molecule has 0 spiro atoms. The number of ether oxygens (including phenoxy) is 1.